The van der Waals surface area contributed by atoms with Gasteiger partial charge in [-0.1, -0.05) is 48.5 Å². The van der Waals surface area contributed by atoms with Crippen molar-refractivity contribution in [2.75, 3.05) is 12.2 Å². The second kappa shape index (κ2) is 6.43. The number of rotatable bonds is 3. The molecule has 6 heteroatoms. The van der Waals surface area contributed by atoms with Crippen molar-refractivity contribution < 1.29 is 14.5 Å². The number of hydrogen-bond acceptors (Lipinski definition) is 5. The lowest BCUT2D eigenvalue weighted by molar-refractivity contribution is -0.384. The van der Waals surface area contributed by atoms with Gasteiger partial charge in [-0.15, -0.1) is 0 Å². The molecule has 2 unspecified atom stereocenters. The quantitative estimate of drug-likeness (QED) is 0.453. The normalized spacial score (nSPS) is 23.7. The summed E-state index contributed by atoms with van der Waals surface area (Å²) in [5, 5.41) is 13.0. The first-order valence-electron chi connectivity index (χ1n) is 9.67. The standard InChI is InChI=1S/C24H20N2O4/c1-23(18-8-4-3-5-9-18)20-10-6-7-11-21(20)25(29-2)24(23)15-14-17-16-19(26(27)28)12-13-22(17)30-24/h3-16H,1-2H3. The highest BCUT2D eigenvalue weighted by Gasteiger charge is 2.63. The van der Waals surface area contributed by atoms with Gasteiger partial charge >= 0.3 is 0 Å². The summed E-state index contributed by atoms with van der Waals surface area (Å²) in [7, 11) is 1.62. The zero-order valence-corrected chi connectivity index (χ0v) is 16.6. The monoisotopic (exact) mass is 400 g/mol. The van der Waals surface area contributed by atoms with E-state index < -0.39 is 16.1 Å². The van der Waals surface area contributed by atoms with Crippen molar-refractivity contribution in [3.05, 3.63) is 106 Å². The van der Waals surface area contributed by atoms with Crippen LogP contribution < -0.4 is 9.80 Å². The Morgan fingerprint density at radius 3 is 2.50 bits per heavy atom. The maximum atomic E-state index is 11.2. The van der Waals surface area contributed by atoms with Crippen molar-refractivity contribution in [3.8, 4) is 5.75 Å². The van der Waals surface area contributed by atoms with E-state index in [0.29, 0.717) is 11.3 Å². The van der Waals surface area contributed by atoms with Crippen molar-refractivity contribution in [1.29, 1.82) is 0 Å². The number of ether oxygens (including phenoxy) is 1. The van der Waals surface area contributed by atoms with Gasteiger partial charge < -0.3 is 4.74 Å². The number of hydroxylamine groups is 1. The number of para-hydroxylation sites is 1. The first-order valence-corrected chi connectivity index (χ1v) is 9.67. The maximum Gasteiger partial charge on any atom is 0.270 e. The molecule has 2 aliphatic rings. The second-order valence-electron chi connectivity index (χ2n) is 7.60. The van der Waals surface area contributed by atoms with E-state index in [1.807, 2.05) is 48.6 Å². The van der Waals surface area contributed by atoms with E-state index >= 15 is 0 Å². The zero-order chi connectivity index (χ0) is 20.9. The van der Waals surface area contributed by atoms with E-state index in [1.165, 1.54) is 12.1 Å². The van der Waals surface area contributed by atoms with Crippen molar-refractivity contribution in [2.45, 2.75) is 18.1 Å². The number of benzene rings is 3. The van der Waals surface area contributed by atoms with Crippen LogP contribution in [0.1, 0.15) is 23.6 Å². The SMILES string of the molecule is CON1c2ccccc2C(C)(c2ccccc2)C12C=Cc1cc([N+](=O)[O-])ccc1O2. The lowest BCUT2D eigenvalue weighted by atomic mass is 9.69. The zero-order valence-electron chi connectivity index (χ0n) is 16.6. The van der Waals surface area contributed by atoms with Gasteiger partial charge in [0.1, 0.15) is 5.75 Å². The summed E-state index contributed by atoms with van der Waals surface area (Å²) in [4.78, 5) is 16.7. The van der Waals surface area contributed by atoms with Crippen LogP contribution in [0.3, 0.4) is 0 Å². The Labute approximate surface area is 174 Å². The summed E-state index contributed by atoms with van der Waals surface area (Å²) < 4.78 is 6.66. The molecule has 0 N–H and O–H groups in total. The van der Waals surface area contributed by atoms with Crippen LogP contribution in [0.25, 0.3) is 6.08 Å². The first-order chi connectivity index (χ1) is 14.5. The summed E-state index contributed by atoms with van der Waals surface area (Å²) in [6.45, 7) is 2.14. The third-order valence-electron chi connectivity index (χ3n) is 6.17. The molecule has 0 saturated heterocycles. The molecule has 0 radical (unpaired) electrons. The molecule has 0 amide bonds. The van der Waals surface area contributed by atoms with Crippen molar-refractivity contribution >= 4 is 17.5 Å². The van der Waals surface area contributed by atoms with E-state index in [9.17, 15) is 10.1 Å². The highest BCUT2D eigenvalue weighted by atomic mass is 16.7. The molecule has 30 heavy (non-hydrogen) atoms. The van der Waals surface area contributed by atoms with Crippen molar-refractivity contribution in [2.24, 2.45) is 0 Å². The molecule has 3 aromatic carbocycles. The lowest BCUT2D eigenvalue weighted by Crippen LogP contribution is -2.60. The molecule has 0 saturated carbocycles. The molecule has 0 aromatic heterocycles. The number of hydrogen-bond donors (Lipinski definition) is 0. The Kier molecular flexibility index (Phi) is 3.95. The minimum atomic E-state index is -1.00. The summed E-state index contributed by atoms with van der Waals surface area (Å²) >= 11 is 0. The predicted molar refractivity (Wildman–Crippen MR) is 114 cm³/mol. The van der Waals surface area contributed by atoms with Crippen LogP contribution in [-0.2, 0) is 10.3 Å². The molecule has 2 atom stereocenters. The molecule has 3 aromatic rings. The summed E-state index contributed by atoms with van der Waals surface area (Å²) in [5.41, 5.74) is 2.16. The van der Waals surface area contributed by atoms with Crippen molar-refractivity contribution in [1.82, 2.24) is 0 Å². The van der Waals surface area contributed by atoms with Gasteiger partial charge in [0.2, 0.25) is 5.72 Å². The number of fused-ring (bicyclic) bond motifs is 2. The minimum Gasteiger partial charge on any atom is -0.460 e. The van der Waals surface area contributed by atoms with E-state index in [1.54, 1.807) is 18.2 Å². The Hall–Kier alpha value is -3.64. The van der Waals surface area contributed by atoms with Gasteiger partial charge in [0.15, 0.2) is 0 Å². The molecule has 0 fully saturated rings. The second-order valence-corrected chi connectivity index (χ2v) is 7.60. The van der Waals surface area contributed by atoms with Gasteiger partial charge in [0, 0.05) is 17.7 Å². The lowest BCUT2D eigenvalue weighted by Gasteiger charge is -2.47. The van der Waals surface area contributed by atoms with Gasteiger partial charge in [-0.25, -0.2) is 5.06 Å². The van der Waals surface area contributed by atoms with Gasteiger partial charge in [-0.2, -0.15) is 0 Å². The van der Waals surface area contributed by atoms with Gasteiger partial charge in [-0.05, 0) is 42.3 Å². The molecule has 0 aliphatic carbocycles. The topological polar surface area (TPSA) is 64.8 Å². The largest absolute Gasteiger partial charge is 0.460 e. The number of nitrogens with zero attached hydrogens (tertiary/aromatic N) is 2. The van der Waals surface area contributed by atoms with Crippen LogP contribution >= 0.6 is 0 Å². The fraction of sp³-hybridized carbons (Fsp3) is 0.167. The summed E-state index contributed by atoms with van der Waals surface area (Å²) in [6, 6.07) is 22.9. The Morgan fingerprint density at radius 1 is 1.03 bits per heavy atom. The number of anilines is 1. The average Bonchev–Trinajstić information content (AvgIpc) is 2.99. The molecular weight excluding hydrogens is 380 g/mol. The van der Waals surface area contributed by atoms with E-state index in [2.05, 4.69) is 25.1 Å². The molecule has 2 aliphatic heterocycles. The third kappa shape index (κ3) is 2.28. The predicted octanol–water partition coefficient (Wildman–Crippen LogP) is 5.08. The third-order valence-corrected chi connectivity index (χ3v) is 6.17. The highest BCUT2D eigenvalue weighted by Crippen LogP contribution is 2.58. The van der Waals surface area contributed by atoms with Gasteiger partial charge in [0.25, 0.3) is 5.69 Å². The summed E-state index contributed by atoms with van der Waals surface area (Å²) in [5.74, 6) is 0.570. The molecule has 5 rings (SSSR count). The fourth-order valence-corrected chi connectivity index (χ4v) is 4.67. The highest BCUT2D eigenvalue weighted by molar-refractivity contribution is 5.74. The summed E-state index contributed by atoms with van der Waals surface area (Å²) in [6.07, 6.45) is 3.82. The number of nitro groups is 1. The van der Waals surface area contributed by atoms with Crippen molar-refractivity contribution in [3.63, 3.8) is 0 Å². The smallest absolute Gasteiger partial charge is 0.270 e. The van der Waals surface area contributed by atoms with Crippen LogP contribution in [0.15, 0.2) is 78.9 Å². The molecule has 1 spiro atoms. The minimum absolute atomic E-state index is 0.0297. The van der Waals surface area contributed by atoms with Gasteiger partial charge in [0.05, 0.1) is 23.1 Å². The Bertz CT molecular complexity index is 1180. The first kappa shape index (κ1) is 18.4. The molecule has 150 valence electrons. The van der Waals surface area contributed by atoms with Crippen LogP contribution in [0.4, 0.5) is 11.4 Å². The Morgan fingerprint density at radius 2 is 1.77 bits per heavy atom. The Balaban J connectivity index is 1.75. The molecule has 6 nitrogen and oxygen atoms in total. The van der Waals surface area contributed by atoms with Gasteiger partial charge in [-0.3, -0.25) is 15.0 Å². The molecular formula is C24H20N2O4. The maximum absolute atomic E-state index is 11.2. The van der Waals surface area contributed by atoms with E-state index in [-0.39, 0.29) is 5.69 Å². The number of non-ortho nitro benzene ring substituents is 1. The van der Waals surface area contributed by atoms with Crippen LogP contribution in [0, 0.1) is 10.1 Å². The fourth-order valence-electron chi connectivity index (χ4n) is 4.67. The van der Waals surface area contributed by atoms with E-state index in [0.717, 1.165) is 16.8 Å². The van der Waals surface area contributed by atoms with Crippen LogP contribution in [-0.4, -0.2) is 17.8 Å². The molecule has 0 bridgehead atoms. The van der Waals surface area contributed by atoms with Crippen LogP contribution in [0.5, 0.6) is 5.75 Å². The number of nitro benzene ring substituents is 1. The van der Waals surface area contributed by atoms with Crippen LogP contribution in [0.2, 0.25) is 0 Å². The average molecular weight is 400 g/mol. The molecule has 2 heterocycles. The van der Waals surface area contributed by atoms with E-state index in [4.69, 9.17) is 9.57 Å².